The van der Waals surface area contributed by atoms with Gasteiger partial charge in [0.05, 0.1) is 12.5 Å². The van der Waals surface area contributed by atoms with E-state index in [1.165, 1.54) is 18.4 Å². The van der Waals surface area contributed by atoms with Crippen molar-refractivity contribution in [2.45, 2.75) is 25.2 Å². The van der Waals surface area contributed by atoms with Gasteiger partial charge in [0, 0.05) is 18.1 Å². The number of anilines is 1. The van der Waals surface area contributed by atoms with Crippen LogP contribution in [0.5, 0.6) is 0 Å². The van der Waals surface area contributed by atoms with E-state index in [0.29, 0.717) is 36.1 Å². The fraction of sp³-hybridized carbons (Fsp3) is 0.389. The van der Waals surface area contributed by atoms with E-state index in [-0.39, 0.29) is 11.6 Å². The Hall–Kier alpha value is -2.25. The van der Waals surface area contributed by atoms with Gasteiger partial charge in [-0.25, -0.2) is 9.78 Å². The fourth-order valence-electron chi connectivity index (χ4n) is 3.08. The number of nitrogens with one attached hydrogen (secondary N) is 1. The first-order valence-corrected chi connectivity index (χ1v) is 8.89. The Bertz CT molecular complexity index is 767. The van der Waals surface area contributed by atoms with Gasteiger partial charge in [-0.1, -0.05) is 30.3 Å². The number of aromatic nitrogens is 1. The third-order valence-electron chi connectivity index (χ3n) is 4.50. The first kappa shape index (κ1) is 17.6. The maximum atomic E-state index is 13.1. The number of aryl methyl sites for hydroxylation is 1. The van der Waals surface area contributed by atoms with E-state index >= 15 is 0 Å². The predicted molar refractivity (Wildman–Crippen MR) is 95.0 cm³/mol. The molecule has 0 radical (unpaired) electrons. The number of carbonyl (C=O) groups excluding carboxylic acids is 2. The summed E-state index contributed by atoms with van der Waals surface area (Å²) in [5.41, 5.74) is 0.561. The topological polar surface area (TPSA) is 77.5 Å². The van der Waals surface area contributed by atoms with Gasteiger partial charge in [0.1, 0.15) is 0 Å². The van der Waals surface area contributed by atoms with Crippen LogP contribution in [0.2, 0.25) is 0 Å². The first-order valence-electron chi connectivity index (χ1n) is 8.07. The molecule has 7 heteroatoms. The molecular formula is C18H20N2O4S. The second-order valence-corrected chi connectivity index (χ2v) is 7.13. The number of amides is 1. The van der Waals surface area contributed by atoms with Crippen molar-refractivity contribution >= 4 is 28.3 Å². The van der Waals surface area contributed by atoms with Crippen LogP contribution in [0.1, 0.15) is 33.8 Å². The fourth-order valence-corrected chi connectivity index (χ4v) is 3.87. The Labute approximate surface area is 150 Å². The Morgan fingerprint density at radius 1 is 1.24 bits per heavy atom. The minimum absolute atomic E-state index is 0.118. The van der Waals surface area contributed by atoms with Crippen LogP contribution >= 0.6 is 11.3 Å². The number of benzene rings is 1. The normalized spacial score (nSPS) is 16.2. The number of esters is 1. The molecule has 0 spiro atoms. The number of hydrogen-bond acceptors (Lipinski definition) is 6. The van der Waals surface area contributed by atoms with Crippen molar-refractivity contribution in [2.24, 2.45) is 0 Å². The number of rotatable bonds is 4. The monoisotopic (exact) mass is 360 g/mol. The molecule has 1 aromatic heterocycles. The van der Waals surface area contributed by atoms with Crippen molar-refractivity contribution in [1.82, 2.24) is 4.98 Å². The molecule has 1 amide bonds. The summed E-state index contributed by atoms with van der Waals surface area (Å²) in [6.45, 7) is 2.85. The van der Waals surface area contributed by atoms with Crippen LogP contribution in [0.15, 0.2) is 30.3 Å². The number of thiazole rings is 1. The zero-order valence-corrected chi connectivity index (χ0v) is 15.0. The Balaban J connectivity index is 1.88. The van der Waals surface area contributed by atoms with Crippen LogP contribution in [-0.2, 0) is 19.7 Å². The van der Waals surface area contributed by atoms with Gasteiger partial charge in [-0.3, -0.25) is 4.79 Å². The Morgan fingerprint density at radius 2 is 1.92 bits per heavy atom. The van der Waals surface area contributed by atoms with Gasteiger partial charge in [0.2, 0.25) is 5.91 Å². The highest BCUT2D eigenvalue weighted by molar-refractivity contribution is 7.16. The molecule has 0 aliphatic carbocycles. The van der Waals surface area contributed by atoms with E-state index in [1.807, 2.05) is 30.3 Å². The number of hydrogen-bond donors (Lipinski definition) is 1. The molecule has 25 heavy (non-hydrogen) atoms. The molecule has 0 unspecified atom stereocenters. The lowest BCUT2D eigenvalue weighted by Gasteiger charge is -2.35. The van der Waals surface area contributed by atoms with Gasteiger partial charge in [-0.05, 0) is 25.3 Å². The van der Waals surface area contributed by atoms with Gasteiger partial charge in [-0.2, -0.15) is 0 Å². The molecule has 0 atom stereocenters. The highest BCUT2D eigenvalue weighted by Crippen LogP contribution is 2.36. The van der Waals surface area contributed by atoms with E-state index in [4.69, 9.17) is 9.47 Å². The highest BCUT2D eigenvalue weighted by atomic mass is 32.1. The SMILES string of the molecule is COC(=O)c1nc(NC(=O)C2(c3ccccc3)CCOCC2)sc1C. The second kappa shape index (κ2) is 7.33. The molecule has 132 valence electrons. The van der Waals surface area contributed by atoms with Gasteiger partial charge < -0.3 is 14.8 Å². The molecule has 3 rings (SSSR count). The number of ether oxygens (including phenoxy) is 2. The third kappa shape index (κ3) is 3.43. The molecule has 1 aliphatic heterocycles. The lowest BCUT2D eigenvalue weighted by Crippen LogP contribution is -2.44. The second-order valence-electron chi connectivity index (χ2n) is 5.93. The van der Waals surface area contributed by atoms with Crippen molar-refractivity contribution < 1.29 is 19.1 Å². The van der Waals surface area contributed by atoms with Crippen LogP contribution in [0.3, 0.4) is 0 Å². The van der Waals surface area contributed by atoms with E-state index in [2.05, 4.69) is 10.3 Å². The van der Waals surface area contributed by atoms with Crippen LogP contribution in [0, 0.1) is 6.92 Å². The van der Waals surface area contributed by atoms with E-state index in [0.717, 1.165) is 5.56 Å². The van der Waals surface area contributed by atoms with Crippen molar-refractivity contribution in [3.05, 3.63) is 46.5 Å². The van der Waals surface area contributed by atoms with Crippen molar-refractivity contribution in [2.75, 3.05) is 25.6 Å². The third-order valence-corrected chi connectivity index (χ3v) is 5.39. The molecule has 1 saturated heterocycles. The molecule has 0 bridgehead atoms. The summed E-state index contributed by atoms with van der Waals surface area (Å²) in [7, 11) is 1.31. The zero-order valence-electron chi connectivity index (χ0n) is 14.2. The van der Waals surface area contributed by atoms with Gasteiger partial charge >= 0.3 is 5.97 Å². The summed E-state index contributed by atoms with van der Waals surface area (Å²) < 4.78 is 10.2. The highest BCUT2D eigenvalue weighted by Gasteiger charge is 2.42. The number of carbonyl (C=O) groups is 2. The molecule has 1 N–H and O–H groups in total. The molecule has 1 aromatic carbocycles. The van der Waals surface area contributed by atoms with E-state index < -0.39 is 11.4 Å². The van der Waals surface area contributed by atoms with Crippen molar-refractivity contribution in [3.8, 4) is 0 Å². The summed E-state index contributed by atoms with van der Waals surface area (Å²) in [5.74, 6) is -0.620. The Kier molecular flexibility index (Phi) is 5.15. The summed E-state index contributed by atoms with van der Waals surface area (Å²) in [6, 6.07) is 9.74. The zero-order chi connectivity index (χ0) is 17.9. The lowest BCUT2D eigenvalue weighted by molar-refractivity contribution is -0.125. The average Bonchev–Trinajstić information content (AvgIpc) is 3.02. The number of nitrogens with zero attached hydrogens (tertiary/aromatic N) is 1. The molecule has 6 nitrogen and oxygen atoms in total. The molecular weight excluding hydrogens is 340 g/mol. The molecule has 1 aliphatic rings. The predicted octanol–water partition coefficient (Wildman–Crippen LogP) is 2.93. The number of methoxy groups -OCH3 is 1. The summed E-state index contributed by atoms with van der Waals surface area (Å²) in [5, 5.41) is 3.30. The standard InChI is InChI=1S/C18H20N2O4S/c1-12-14(15(21)23-2)19-17(25-12)20-16(22)18(8-10-24-11-9-18)13-6-4-3-5-7-13/h3-7H,8-11H2,1-2H3,(H,19,20,22). The summed E-state index contributed by atoms with van der Waals surface area (Å²) >= 11 is 1.27. The van der Waals surface area contributed by atoms with E-state index in [1.54, 1.807) is 6.92 Å². The van der Waals surface area contributed by atoms with Gasteiger partial charge in [0.15, 0.2) is 10.8 Å². The first-order chi connectivity index (χ1) is 12.1. The molecule has 2 aromatic rings. The molecule has 0 saturated carbocycles. The Morgan fingerprint density at radius 3 is 2.56 bits per heavy atom. The van der Waals surface area contributed by atoms with Crippen LogP contribution < -0.4 is 5.32 Å². The minimum Gasteiger partial charge on any atom is -0.464 e. The van der Waals surface area contributed by atoms with Crippen LogP contribution in [0.25, 0.3) is 0 Å². The lowest BCUT2D eigenvalue weighted by atomic mass is 9.73. The quantitative estimate of drug-likeness (QED) is 0.848. The average molecular weight is 360 g/mol. The molecule has 2 heterocycles. The summed E-state index contributed by atoms with van der Waals surface area (Å²) in [6.07, 6.45) is 1.22. The molecule has 1 fully saturated rings. The van der Waals surface area contributed by atoms with Crippen molar-refractivity contribution in [3.63, 3.8) is 0 Å². The van der Waals surface area contributed by atoms with E-state index in [9.17, 15) is 9.59 Å². The van der Waals surface area contributed by atoms with Crippen LogP contribution in [-0.4, -0.2) is 37.2 Å². The van der Waals surface area contributed by atoms with Crippen LogP contribution in [0.4, 0.5) is 5.13 Å². The summed E-state index contributed by atoms with van der Waals surface area (Å²) in [4.78, 5) is 29.8. The minimum atomic E-state index is -0.648. The smallest absolute Gasteiger partial charge is 0.357 e. The maximum absolute atomic E-state index is 13.1. The maximum Gasteiger partial charge on any atom is 0.357 e. The van der Waals surface area contributed by atoms with Gasteiger partial charge in [0.25, 0.3) is 0 Å². The van der Waals surface area contributed by atoms with Gasteiger partial charge in [-0.15, -0.1) is 11.3 Å². The van der Waals surface area contributed by atoms with Crippen molar-refractivity contribution in [1.29, 1.82) is 0 Å². The largest absolute Gasteiger partial charge is 0.464 e.